The highest BCUT2D eigenvalue weighted by atomic mass is 31.2. The summed E-state index contributed by atoms with van der Waals surface area (Å²) in [7, 11) is -4.66. The molecule has 0 aromatic heterocycles. The van der Waals surface area contributed by atoms with Gasteiger partial charge in [0.15, 0.2) is 0 Å². The molecule has 0 aromatic rings. The second-order valence-electron chi connectivity index (χ2n) is 3.92. The number of β-lactam (4-membered cyclic amide) rings is 1. The molecule has 1 aliphatic heterocycles. The lowest BCUT2D eigenvalue weighted by Crippen LogP contribution is -2.68. The van der Waals surface area contributed by atoms with Crippen molar-refractivity contribution in [1.82, 2.24) is 15.4 Å². The second-order valence-corrected chi connectivity index (χ2v) is 5.56. The summed E-state index contributed by atoms with van der Waals surface area (Å²) in [6, 6.07) is 0. The summed E-state index contributed by atoms with van der Waals surface area (Å²) in [5.74, 6) is 3.09. The van der Waals surface area contributed by atoms with Gasteiger partial charge in [-0.25, -0.2) is 19.9 Å². The van der Waals surface area contributed by atoms with Gasteiger partial charge in [0, 0.05) is 0 Å². The van der Waals surface area contributed by atoms with Gasteiger partial charge in [-0.1, -0.05) is 0 Å². The Morgan fingerprint density at radius 2 is 2.21 bits per heavy atom. The lowest BCUT2D eigenvalue weighted by atomic mass is 10.00. The minimum absolute atomic E-state index is 0.295. The van der Waals surface area contributed by atoms with E-state index in [1.54, 1.807) is 5.43 Å². The van der Waals surface area contributed by atoms with Gasteiger partial charge in [0.2, 0.25) is 5.91 Å². The third-order valence-corrected chi connectivity index (χ3v) is 3.99. The lowest BCUT2D eigenvalue weighted by Gasteiger charge is -2.49. The van der Waals surface area contributed by atoms with Crippen LogP contribution >= 0.6 is 7.75 Å². The van der Waals surface area contributed by atoms with Gasteiger partial charge < -0.3 is 10.00 Å². The SMILES string of the molecule is C[C@@]1(NC(=O)O)CC(=O)N1P(=O)(O)OCC(=O)NN. The lowest BCUT2D eigenvalue weighted by molar-refractivity contribution is -0.148. The first-order valence-electron chi connectivity index (χ1n) is 4.94. The van der Waals surface area contributed by atoms with Crippen LogP contribution in [0, 0.1) is 0 Å². The zero-order valence-corrected chi connectivity index (χ0v) is 10.7. The minimum atomic E-state index is -4.66. The number of amides is 3. The Hall–Kier alpha value is -1.68. The van der Waals surface area contributed by atoms with Crippen molar-refractivity contribution in [2.45, 2.75) is 19.0 Å². The molecule has 1 rings (SSSR count). The Morgan fingerprint density at radius 1 is 1.63 bits per heavy atom. The maximum atomic E-state index is 11.8. The zero-order valence-electron chi connectivity index (χ0n) is 9.82. The van der Waals surface area contributed by atoms with Crippen LogP contribution in [0.15, 0.2) is 0 Å². The summed E-state index contributed by atoms with van der Waals surface area (Å²) in [4.78, 5) is 42.3. The molecule has 0 aromatic carbocycles. The fourth-order valence-electron chi connectivity index (χ4n) is 1.62. The molecule has 19 heavy (non-hydrogen) atoms. The molecular formula is C7H13N4O7P. The highest BCUT2D eigenvalue weighted by Crippen LogP contribution is 2.55. The number of nitrogens with one attached hydrogen (secondary N) is 2. The summed E-state index contributed by atoms with van der Waals surface area (Å²) < 4.78 is 16.6. The number of hydrogen-bond donors (Lipinski definition) is 5. The van der Waals surface area contributed by atoms with Crippen molar-refractivity contribution in [3.05, 3.63) is 0 Å². The largest absolute Gasteiger partial charge is 0.465 e. The monoisotopic (exact) mass is 296 g/mol. The zero-order chi connectivity index (χ0) is 14.8. The molecule has 0 aliphatic carbocycles. The summed E-state index contributed by atoms with van der Waals surface area (Å²) in [6.07, 6.45) is -1.77. The maximum absolute atomic E-state index is 11.8. The number of nitrogens with zero attached hydrogens (tertiary/aromatic N) is 1. The van der Waals surface area contributed by atoms with E-state index in [9.17, 15) is 23.8 Å². The summed E-state index contributed by atoms with van der Waals surface area (Å²) in [5.41, 5.74) is 0.104. The number of rotatable bonds is 5. The number of carbonyl (C=O) groups excluding carboxylic acids is 2. The predicted molar refractivity (Wildman–Crippen MR) is 59.1 cm³/mol. The van der Waals surface area contributed by atoms with E-state index in [4.69, 9.17) is 10.9 Å². The minimum Gasteiger partial charge on any atom is -0.465 e. The first-order chi connectivity index (χ1) is 8.62. The van der Waals surface area contributed by atoms with Crippen molar-refractivity contribution >= 4 is 25.7 Å². The first kappa shape index (κ1) is 15.4. The van der Waals surface area contributed by atoms with Gasteiger partial charge in [-0.15, -0.1) is 0 Å². The van der Waals surface area contributed by atoms with E-state index in [0.717, 1.165) is 0 Å². The Balaban J connectivity index is 2.80. The number of carboxylic acid groups (broad SMARTS) is 1. The molecule has 0 saturated carbocycles. The smallest absolute Gasteiger partial charge is 0.437 e. The standard InChI is InChI=1S/C7H13N4O7P/c1-7(9-6(14)15)2-5(13)11(7)19(16,17)18-3-4(12)10-8/h9H,2-3,8H2,1H3,(H,10,12)(H,14,15)(H,16,17)/t7-/m0/s1. The molecule has 1 saturated heterocycles. The third kappa shape index (κ3) is 3.20. The Bertz CT molecular complexity index is 468. The van der Waals surface area contributed by atoms with Gasteiger partial charge in [0.1, 0.15) is 12.3 Å². The number of hydrazine groups is 1. The Morgan fingerprint density at radius 3 is 2.63 bits per heavy atom. The van der Waals surface area contributed by atoms with Crippen LogP contribution < -0.4 is 16.6 Å². The van der Waals surface area contributed by atoms with Crippen LogP contribution in [0.25, 0.3) is 0 Å². The van der Waals surface area contributed by atoms with Crippen molar-refractivity contribution in [3.8, 4) is 0 Å². The predicted octanol–water partition coefficient (Wildman–Crippen LogP) is -1.69. The topological polar surface area (TPSA) is 171 Å². The fraction of sp³-hybridized carbons (Fsp3) is 0.571. The van der Waals surface area contributed by atoms with Gasteiger partial charge in [-0.2, -0.15) is 0 Å². The molecule has 1 heterocycles. The molecular weight excluding hydrogens is 283 g/mol. The third-order valence-electron chi connectivity index (χ3n) is 2.35. The van der Waals surface area contributed by atoms with Crippen molar-refractivity contribution in [3.63, 3.8) is 0 Å². The molecule has 108 valence electrons. The molecule has 1 fully saturated rings. The van der Waals surface area contributed by atoms with Gasteiger partial charge in [0.05, 0.1) is 6.42 Å². The van der Waals surface area contributed by atoms with Crippen LogP contribution in [0.2, 0.25) is 0 Å². The van der Waals surface area contributed by atoms with Crippen molar-refractivity contribution in [2.24, 2.45) is 5.84 Å². The molecule has 1 aliphatic rings. The molecule has 3 amide bonds. The van der Waals surface area contributed by atoms with Gasteiger partial charge in [0.25, 0.3) is 5.91 Å². The molecule has 1 unspecified atom stereocenters. The summed E-state index contributed by atoms with van der Waals surface area (Å²) >= 11 is 0. The second kappa shape index (κ2) is 5.13. The first-order valence-corrected chi connectivity index (χ1v) is 6.47. The van der Waals surface area contributed by atoms with Crippen LogP contribution in [0.5, 0.6) is 0 Å². The highest BCUT2D eigenvalue weighted by molar-refractivity contribution is 7.51. The molecule has 0 spiro atoms. The van der Waals surface area contributed by atoms with Crippen LogP contribution in [0.1, 0.15) is 13.3 Å². The van der Waals surface area contributed by atoms with Gasteiger partial charge >= 0.3 is 13.8 Å². The average Bonchev–Trinajstić information content (AvgIpc) is 2.23. The number of hydrogen-bond acceptors (Lipinski definition) is 6. The van der Waals surface area contributed by atoms with Gasteiger partial charge in [-0.05, 0) is 6.92 Å². The van der Waals surface area contributed by atoms with Crippen LogP contribution in [0.3, 0.4) is 0 Å². The quantitative estimate of drug-likeness (QED) is 0.131. The van der Waals surface area contributed by atoms with Crippen molar-refractivity contribution in [1.29, 1.82) is 0 Å². The molecule has 2 atom stereocenters. The molecule has 12 heteroatoms. The van der Waals surface area contributed by atoms with E-state index in [0.29, 0.717) is 4.67 Å². The maximum Gasteiger partial charge on any atom is 0.437 e. The van der Waals surface area contributed by atoms with Crippen molar-refractivity contribution in [2.75, 3.05) is 6.61 Å². The van der Waals surface area contributed by atoms with E-state index in [1.165, 1.54) is 6.92 Å². The van der Waals surface area contributed by atoms with E-state index in [2.05, 4.69) is 4.52 Å². The Kier molecular flexibility index (Phi) is 4.15. The van der Waals surface area contributed by atoms with Gasteiger partial charge in [-0.3, -0.25) is 24.9 Å². The summed E-state index contributed by atoms with van der Waals surface area (Å²) in [5, 5.41) is 10.5. The molecule has 6 N–H and O–H groups in total. The van der Waals surface area contributed by atoms with Crippen LogP contribution in [0.4, 0.5) is 4.79 Å². The molecule has 0 radical (unpaired) electrons. The van der Waals surface area contributed by atoms with Crippen LogP contribution in [-0.4, -0.2) is 44.8 Å². The molecule has 0 bridgehead atoms. The number of nitrogens with two attached hydrogens (primary N) is 1. The van der Waals surface area contributed by atoms with E-state index < -0.39 is 37.9 Å². The fourth-order valence-corrected chi connectivity index (χ4v) is 3.05. The average molecular weight is 296 g/mol. The van der Waals surface area contributed by atoms with Crippen molar-refractivity contribution < 1.29 is 33.5 Å². The number of carbonyl (C=O) groups is 3. The van der Waals surface area contributed by atoms with E-state index in [1.807, 2.05) is 5.32 Å². The van der Waals surface area contributed by atoms with E-state index >= 15 is 0 Å². The normalized spacial score (nSPS) is 25.2. The highest BCUT2D eigenvalue weighted by Gasteiger charge is 2.57. The molecule has 11 nitrogen and oxygen atoms in total. The van der Waals surface area contributed by atoms with E-state index in [-0.39, 0.29) is 6.42 Å². The summed E-state index contributed by atoms with van der Waals surface area (Å²) in [6.45, 7) is 0.384. The van der Waals surface area contributed by atoms with Crippen LogP contribution in [-0.2, 0) is 18.7 Å². The Labute approximate surface area is 107 Å².